The fraction of sp³-hybridized carbons (Fsp3) is 0.385. The van der Waals surface area contributed by atoms with E-state index in [-0.39, 0.29) is 11.8 Å². The molecule has 1 aliphatic heterocycles. The molecular formula is C13H17N3O2. The Labute approximate surface area is 106 Å². The quantitative estimate of drug-likeness (QED) is 0.748. The number of carbonyl (C=O) groups excluding carboxylic acids is 2. The van der Waals surface area contributed by atoms with E-state index in [2.05, 4.69) is 10.6 Å². The van der Waals surface area contributed by atoms with E-state index in [1.807, 2.05) is 12.1 Å². The first kappa shape index (κ1) is 12.6. The van der Waals surface area contributed by atoms with Crippen LogP contribution in [0.2, 0.25) is 0 Å². The zero-order valence-corrected chi connectivity index (χ0v) is 10.2. The summed E-state index contributed by atoms with van der Waals surface area (Å²) in [6.07, 6.45) is 2.37. The molecule has 5 nitrogen and oxygen atoms in total. The molecule has 18 heavy (non-hydrogen) atoms. The number of fused-ring (bicyclic) bond motifs is 1. The topological polar surface area (TPSA) is 84.2 Å². The molecular weight excluding hydrogens is 230 g/mol. The Bertz CT molecular complexity index is 471. The van der Waals surface area contributed by atoms with Crippen LogP contribution in [0.4, 0.5) is 11.4 Å². The van der Waals surface area contributed by atoms with Crippen LogP contribution in [-0.4, -0.2) is 18.4 Å². The molecule has 0 fully saturated rings. The fourth-order valence-corrected chi connectivity index (χ4v) is 1.94. The maximum absolute atomic E-state index is 11.5. The number of hydrogen-bond acceptors (Lipinski definition) is 3. The van der Waals surface area contributed by atoms with Gasteiger partial charge in [0.2, 0.25) is 11.8 Å². The zero-order valence-electron chi connectivity index (χ0n) is 10.2. The molecule has 1 aliphatic rings. The minimum Gasteiger partial charge on any atom is -0.330 e. The van der Waals surface area contributed by atoms with Crippen molar-refractivity contribution in [3.8, 4) is 0 Å². The molecule has 0 aromatic heterocycles. The highest BCUT2D eigenvalue weighted by molar-refractivity contribution is 5.96. The molecule has 0 unspecified atom stereocenters. The van der Waals surface area contributed by atoms with Crippen molar-refractivity contribution in [2.75, 3.05) is 17.2 Å². The third-order valence-electron chi connectivity index (χ3n) is 2.90. The lowest BCUT2D eigenvalue weighted by molar-refractivity contribution is -0.117. The average Bonchev–Trinajstić information content (AvgIpc) is 2.36. The molecule has 0 saturated heterocycles. The molecule has 4 N–H and O–H groups in total. The largest absolute Gasteiger partial charge is 0.330 e. The second-order valence-corrected chi connectivity index (χ2v) is 4.36. The predicted molar refractivity (Wildman–Crippen MR) is 70.3 cm³/mol. The number of hydrogen-bond donors (Lipinski definition) is 3. The number of amides is 2. The molecule has 5 heteroatoms. The predicted octanol–water partition coefficient (Wildman–Crippen LogP) is 1.25. The lowest BCUT2D eigenvalue weighted by atomic mass is 10.0. The molecule has 1 aromatic rings. The monoisotopic (exact) mass is 247 g/mol. The molecule has 2 rings (SSSR count). The molecule has 0 bridgehead atoms. The van der Waals surface area contributed by atoms with E-state index in [0.717, 1.165) is 17.7 Å². The molecule has 0 radical (unpaired) electrons. The van der Waals surface area contributed by atoms with E-state index >= 15 is 0 Å². The Balaban J connectivity index is 2.04. The number of carbonyl (C=O) groups is 2. The van der Waals surface area contributed by atoms with E-state index < -0.39 is 0 Å². The van der Waals surface area contributed by atoms with Gasteiger partial charge in [-0.15, -0.1) is 0 Å². The molecule has 1 heterocycles. The molecule has 1 aromatic carbocycles. The summed E-state index contributed by atoms with van der Waals surface area (Å²) in [4.78, 5) is 22.8. The minimum absolute atomic E-state index is 0.0223. The average molecular weight is 247 g/mol. The van der Waals surface area contributed by atoms with E-state index in [1.54, 1.807) is 6.07 Å². The minimum atomic E-state index is -0.0532. The zero-order chi connectivity index (χ0) is 13.0. The van der Waals surface area contributed by atoms with Crippen LogP contribution in [0.5, 0.6) is 0 Å². The summed E-state index contributed by atoms with van der Waals surface area (Å²) in [5.74, 6) is -0.0309. The van der Waals surface area contributed by atoms with Crippen LogP contribution in [0.1, 0.15) is 24.8 Å². The van der Waals surface area contributed by atoms with Gasteiger partial charge in [0.15, 0.2) is 0 Å². The van der Waals surface area contributed by atoms with Gasteiger partial charge in [0.05, 0.1) is 0 Å². The summed E-state index contributed by atoms with van der Waals surface area (Å²) < 4.78 is 0. The van der Waals surface area contributed by atoms with Crippen molar-refractivity contribution < 1.29 is 9.59 Å². The molecule has 2 amide bonds. The third kappa shape index (κ3) is 3.07. The normalized spacial score (nSPS) is 13.7. The third-order valence-corrected chi connectivity index (χ3v) is 2.90. The van der Waals surface area contributed by atoms with Gasteiger partial charge in [-0.1, -0.05) is 6.07 Å². The Kier molecular flexibility index (Phi) is 3.94. The standard InChI is InChI=1S/C13H17N3O2/c14-7-1-2-12(17)15-10-5-3-9-4-6-13(18)16-11(9)8-10/h3,5,8H,1-2,4,6-7,14H2,(H,15,17)(H,16,18). The second-order valence-electron chi connectivity index (χ2n) is 4.36. The number of nitrogens with two attached hydrogens (primary N) is 1. The molecule has 0 atom stereocenters. The van der Waals surface area contributed by atoms with Crippen molar-refractivity contribution in [1.29, 1.82) is 0 Å². The first-order valence-electron chi connectivity index (χ1n) is 6.12. The van der Waals surface area contributed by atoms with Gasteiger partial charge >= 0.3 is 0 Å². The summed E-state index contributed by atoms with van der Waals surface area (Å²) in [6.45, 7) is 0.508. The maximum Gasteiger partial charge on any atom is 0.224 e. The van der Waals surface area contributed by atoms with Crippen molar-refractivity contribution in [3.63, 3.8) is 0 Å². The van der Waals surface area contributed by atoms with Crippen molar-refractivity contribution in [1.82, 2.24) is 0 Å². The molecule has 0 aliphatic carbocycles. The van der Waals surface area contributed by atoms with Crippen LogP contribution < -0.4 is 16.4 Å². The van der Waals surface area contributed by atoms with Crippen LogP contribution in [0.25, 0.3) is 0 Å². The number of anilines is 2. The fourth-order valence-electron chi connectivity index (χ4n) is 1.94. The van der Waals surface area contributed by atoms with Gasteiger partial charge in [0.1, 0.15) is 0 Å². The van der Waals surface area contributed by atoms with Crippen molar-refractivity contribution in [2.24, 2.45) is 5.73 Å². The molecule has 0 spiro atoms. The van der Waals surface area contributed by atoms with Gasteiger partial charge in [-0.2, -0.15) is 0 Å². The van der Waals surface area contributed by atoms with E-state index in [4.69, 9.17) is 5.73 Å². The van der Waals surface area contributed by atoms with Crippen molar-refractivity contribution >= 4 is 23.2 Å². The Morgan fingerprint density at radius 3 is 3.00 bits per heavy atom. The van der Waals surface area contributed by atoms with Gasteiger partial charge < -0.3 is 16.4 Å². The smallest absolute Gasteiger partial charge is 0.224 e. The van der Waals surface area contributed by atoms with Crippen LogP contribution in [0.15, 0.2) is 18.2 Å². The van der Waals surface area contributed by atoms with Gasteiger partial charge in [-0.25, -0.2) is 0 Å². The highest BCUT2D eigenvalue weighted by Crippen LogP contribution is 2.25. The number of benzene rings is 1. The maximum atomic E-state index is 11.5. The number of aryl methyl sites for hydroxylation is 1. The lowest BCUT2D eigenvalue weighted by Gasteiger charge is -2.17. The Hall–Kier alpha value is -1.88. The van der Waals surface area contributed by atoms with Gasteiger partial charge in [-0.05, 0) is 37.1 Å². The summed E-state index contributed by atoms with van der Waals surface area (Å²) >= 11 is 0. The molecule has 96 valence electrons. The number of rotatable bonds is 4. The molecule has 0 saturated carbocycles. The van der Waals surface area contributed by atoms with Crippen LogP contribution in [0.3, 0.4) is 0 Å². The Morgan fingerprint density at radius 1 is 1.39 bits per heavy atom. The summed E-state index contributed by atoms with van der Waals surface area (Å²) in [5.41, 5.74) is 7.96. The SMILES string of the molecule is NCCCC(=O)Nc1ccc2c(c1)NC(=O)CC2. The van der Waals surface area contributed by atoms with Gasteiger partial charge in [0.25, 0.3) is 0 Å². The van der Waals surface area contributed by atoms with Gasteiger partial charge in [-0.3, -0.25) is 9.59 Å². The Morgan fingerprint density at radius 2 is 2.22 bits per heavy atom. The van der Waals surface area contributed by atoms with E-state index in [1.165, 1.54) is 0 Å². The summed E-state index contributed by atoms with van der Waals surface area (Å²) in [6, 6.07) is 5.59. The van der Waals surface area contributed by atoms with E-state index in [0.29, 0.717) is 31.5 Å². The first-order chi connectivity index (χ1) is 8.69. The van der Waals surface area contributed by atoms with Gasteiger partial charge in [0, 0.05) is 24.2 Å². The summed E-state index contributed by atoms with van der Waals surface area (Å²) in [5, 5.41) is 5.60. The summed E-state index contributed by atoms with van der Waals surface area (Å²) in [7, 11) is 0. The van der Waals surface area contributed by atoms with Crippen molar-refractivity contribution in [2.45, 2.75) is 25.7 Å². The second kappa shape index (κ2) is 5.64. The van der Waals surface area contributed by atoms with Crippen LogP contribution >= 0.6 is 0 Å². The lowest BCUT2D eigenvalue weighted by Crippen LogP contribution is -2.19. The first-order valence-corrected chi connectivity index (χ1v) is 6.12. The van der Waals surface area contributed by atoms with Crippen LogP contribution in [-0.2, 0) is 16.0 Å². The highest BCUT2D eigenvalue weighted by atomic mass is 16.2. The van der Waals surface area contributed by atoms with E-state index in [9.17, 15) is 9.59 Å². The number of nitrogens with one attached hydrogen (secondary N) is 2. The van der Waals surface area contributed by atoms with Crippen molar-refractivity contribution in [3.05, 3.63) is 23.8 Å². The highest BCUT2D eigenvalue weighted by Gasteiger charge is 2.15. The van der Waals surface area contributed by atoms with Crippen LogP contribution in [0, 0.1) is 0 Å².